The topological polar surface area (TPSA) is 24.9 Å². The maximum absolute atomic E-state index is 4.44. The van der Waals surface area contributed by atoms with Crippen molar-refractivity contribution in [3.05, 3.63) is 16.1 Å². The van der Waals surface area contributed by atoms with E-state index in [9.17, 15) is 0 Å². The molecule has 14 heavy (non-hydrogen) atoms. The average molecular weight is 228 g/mol. The first-order valence-corrected chi connectivity index (χ1v) is 7.10. The minimum absolute atomic E-state index is 0.704. The molecule has 1 aromatic heterocycles. The van der Waals surface area contributed by atoms with Crippen molar-refractivity contribution in [2.45, 2.75) is 32.4 Å². The van der Waals surface area contributed by atoms with Crippen molar-refractivity contribution in [3.8, 4) is 0 Å². The summed E-state index contributed by atoms with van der Waals surface area (Å²) in [6, 6.07) is 0.704. The highest BCUT2D eigenvalue weighted by Crippen LogP contribution is 2.17. The third-order valence-electron chi connectivity index (χ3n) is 2.40. The van der Waals surface area contributed by atoms with Gasteiger partial charge < -0.3 is 5.32 Å². The lowest BCUT2D eigenvalue weighted by Gasteiger charge is -2.21. The smallest absolute Gasteiger partial charge is 0.0897 e. The van der Waals surface area contributed by atoms with Gasteiger partial charge in [-0.2, -0.15) is 11.8 Å². The summed E-state index contributed by atoms with van der Waals surface area (Å²) in [5.41, 5.74) is 1.20. The molecule has 1 aromatic rings. The molecule has 0 saturated carbocycles. The second-order valence-corrected chi connectivity index (χ2v) is 5.86. The van der Waals surface area contributed by atoms with Crippen LogP contribution in [0.3, 0.4) is 0 Å². The van der Waals surface area contributed by atoms with Crippen LogP contribution in [0.5, 0.6) is 0 Å². The van der Waals surface area contributed by atoms with Crippen molar-refractivity contribution >= 4 is 23.1 Å². The molecule has 0 aromatic carbocycles. The molecule has 0 amide bonds. The van der Waals surface area contributed by atoms with E-state index in [2.05, 4.69) is 34.4 Å². The number of hydrogen-bond acceptors (Lipinski definition) is 4. The van der Waals surface area contributed by atoms with Gasteiger partial charge in [0.25, 0.3) is 0 Å². The van der Waals surface area contributed by atoms with Crippen molar-refractivity contribution in [3.63, 3.8) is 0 Å². The number of thiazole rings is 1. The van der Waals surface area contributed by atoms with E-state index in [1.54, 1.807) is 11.3 Å². The summed E-state index contributed by atoms with van der Waals surface area (Å²) in [6.45, 7) is 3.00. The van der Waals surface area contributed by atoms with Gasteiger partial charge in [-0.1, -0.05) is 0 Å². The Morgan fingerprint density at radius 1 is 1.64 bits per heavy atom. The minimum Gasteiger partial charge on any atom is -0.308 e. The fraction of sp³-hybridized carbons (Fsp3) is 0.700. The molecule has 0 aliphatic carbocycles. The van der Waals surface area contributed by atoms with Crippen LogP contribution >= 0.6 is 23.1 Å². The van der Waals surface area contributed by atoms with E-state index in [1.807, 2.05) is 0 Å². The van der Waals surface area contributed by atoms with Gasteiger partial charge in [0, 0.05) is 23.7 Å². The first-order chi connectivity index (χ1) is 6.84. The van der Waals surface area contributed by atoms with Crippen molar-refractivity contribution in [2.75, 3.05) is 11.5 Å². The van der Waals surface area contributed by atoms with Crippen molar-refractivity contribution in [2.24, 2.45) is 0 Å². The number of aromatic nitrogens is 1. The quantitative estimate of drug-likeness (QED) is 0.860. The fourth-order valence-corrected chi connectivity index (χ4v) is 3.36. The van der Waals surface area contributed by atoms with Crippen LogP contribution in [0.4, 0.5) is 0 Å². The summed E-state index contributed by atoms with van der Waals surface area (Å²) in [4.78, 5) is 4.44. The van der Waals surface area contributed by atoms with Gasteiger partial charge in [0.15, 0.2) is 0 Å². The Hall–Kier alpha value is -0.0600. The van der Waals surface area contributed by atoms with Gasteiger partial charge in [-0.15, -0.1) is 11.3 Å². The highest BCUT2D eigenvalue weighted by molar-refractivity contribution is 7.99. The van der Waals surface area contributed by atoms with Gasteiger partial charge in [-0.05, 0) is 25.5 Å². The normalized spacial score (nSPS) is 22.5. The van der Waals surface area contributed by atoms with Gasteiger partial charge in [0.2, 0.25) is 0 Å². The van der Waals surface area contributed by atoms with E-state index < -0.39 is 0 Å². The highest BCUT2D eigenvalue weighted by atomic mass is 32.2. The molecule has 2 heterocycles. The largest absolute Gasteiger partial charge is 0.308 e. The molecular formula is C10H16N2S2. The van der Waals surface area contributed by atoms with E-state index in [0.717, 1.165) is 6.54 Å². The second-order valence-electron chi connectivity index (χ2n) is 3.65. The van der Waals surface area contributed by atoms with E-state index in [-0.39, 0.29) is 0 Å². The number of rotatable bonds is 3. The molecule has 1 aliphatic rings. The van der Waals surface area contributed by atoms with E-state index in [4.69, 9.17) is 0 Å². The molecule has 4 heteroatoms. The number of aryl methyl sites for hydroxylation is 1. The van der Waals surface area contributed by atoms with Crippen molar-refractivity contribution < 1.29 is 0 Å². The van der Waals surface area contributed by atoms with Crippen LogP contribution in [0.15, 0.2) is 5.38 Å². The molecule has 1 unspecified atom stereocenters. The highest BCUT2D eigenvalue weighted by Gasteiger charge is 2.12. The molecule has 78 valence electrons. The molecule has 1 N–H and O–H groups in total. The number of nitrogens with zero attached hydrogens (tertiary/aromatic N) is 1. The standard InChI is InChI=1S/C10H16N2S2/c1-8-12-10(7-14-8)5-11-9-3-2-4-13-6-9/h7,9,11H,2-6H2,1H3. The number of hydrogen-bond donors (Lipinski definition) is 1. The fourth-order valence-electron chi connectivity index (χ4n) is 1.64. The Morgan fingerprint density at radius 3 is 3.21 bits per heavy atom. The Balaban J connectivity index is 1.76. The molecule has 1 aliphatic heterocycles. The zero-order valence-electron chi connectivity index (χ0n) is 8.45. The maximum Gasteiger partial charge on any atom is 0.0897 e. The summed E-state index contributed by atoms with van der Waals surface area (Å²) in [5.74, 6) is 2.61. The van der Waals surface area contributed by atoms with E-state index >= 15 is 0 Å². The lowest BCUT2D eigenvalue weighted by molar-refractivity contribution is 0.504. The van der Waals surface area contributed by atoms with Gasteiger partial charge in [-0.3, -0.25) is 0 Å². The first-order valence-electron chi connectivity index (χ1n) is 5.07. The van der Waals surface area contributed by atoms with Crippen molar-refractivity contribution in [1.82, 2.24) is 10.3 Å². The number of thioether (sulfide) groups is 1. The van der Waals surface area contributed by atoms with E-state index in [1.165, 1.54) is 35.0 Å². The Morgan fingerprint density at radius 2 is 2.57 bits per heavy atom. The van der Waals surface area contributed by atoms with Gasteiger partial charge in [-0.25, -0.2) is 4.98 Å². The summed E-state index contributed by atoms with van der Waals surface area (Å²) >= 11 is 3.80. The van der Waals surface area contributed by atoms with Crippen LogP contribution in [0, 0.1) is 6.92 Å². The zero-order chi connectivity index (χ0) is 9.80. The lowest BCUT2D eigenvalue weighted by atomic mass is 10.2. The Labute approximate surface area is 93.5 Å². The minimum atomic E-state index is 0.704. The monoisotopic (exact) mass is 228 g/mol. The van der Waals surface area contributed by atoms with Crippen LogP contribution in [0.25, 0.3) is 0 Å². The number of nitrogens with one attached hydrogen (secondary N) is 1. The SMILES string of the molecule is Cc1nc(CNC2CCCSC2)cs1. The summed E-state index contributed by atoms with van der Waals surface area (Å²) in [5, 5.41) is 6.89. The van der Waals surface area contributed by atoms with Gasteiger partial charge in [0.05, 0.1) is 10.7 Å². The third kappa shape index (κ3) is 2.97. The molecule has 0 bridgehead atoms. The maximum atomic E-state index is 4.44. The van der Waals surface area contributed by atoms with Crippen LogP contribution < -0.4 is 5.32 Å². The third-order valence-corrected chi connectivity index (χ3v) is 4.44. The predicted molar refractivity (Wildman–Crippen MR) is 64.0 cm³/mol. The molecule has 0 spiro atoms. The molecule has 1 atom stereocenters. The average Bonchev–Trinajstić information content (AvgIpc) is 2.63. The molecule has 1 fully saturated rings. The summed E-state index contributed by atoms with van der Waals surface area (Å²) < 4.78 is 0. The van der Waals surface area contributed by atoms with Gasteiger partial charge >= 0.3 is 0 Å². The van der Waals surface area contributed by atoms with Crippen LogP contribution in [-0.4, -0.2) is 22.5 Å². The lowest BCUT2D eigenvalue weighted by Crippen LogP contribution is -2.33. The summed E-state index contributed by atoms with van der Waals surface area (Å²) in [7, 11) is 0. The first kappa shape index (κ1) is 10.5. The molecular weight excluding hydrogens is 212 g/mol. The van der Waals surface area contributed by atoms with Crippen LogP contribution in [0.1, 0.15) is 23.5 Å². The molecule has 1 saturated heterocycles. The molecule has 0 radical (unpaired) electrons. The zero-order valence-corrected chi connectivity index (χ0v) is 10.1. The van der Waals surface area contributed by atoms with Crippen LogP contribution in [0.2, 0.25) is 0 Å². The Bertz CT molecular complexity index is 279. The second kappa shape index (κ2) is 5.14. The van der Waals surface area contributed by atoms with Gasteiger partial charge in [0.1, 0.15) is 0 Å². The molecule has 2 nitrogen and oxygen atoms in total. The van der Waals surface area contributed by atoms with E-state index in [0.29, 0.717) is 6.04 Å². The van der Waals surface area contributed by atoms with Crippen molar-refractivity contribution in [1.29, 1.82) is 0 Å². The summed E-state index contributed by atoms with van der Waals surface area (Å²) in [6.07, 6.45) is 2.69. The van der Waals surface area contributed by atoms with Crippen LogP contribution in [-0.2, 0) is 6.54 Å². The predicted octanol–water partition coefficient (Wildman–Crippen LogP) is 2.44. The molecule has 2 rings (SSSR count). The Kier molecular flexibility index (Phi) is 3.84.